The second-order valence-corrected chi connectivity index (χ2v) is 7.68. The predicted octanol–water partition coefficient (Wildman–Crippen LogP) is 3.14. The molecule has 2 aromatic rings. The van der Waals surface area contributed by atoms with Crippen LogP contribution in [0.1, 0.15) is 17.2 Å². The number of anilines is 1. The van der Waals surface area contributed by atoms with E-state index in [1.807, 2.05) is 17.8 Å². The van der Waals surface area contributed by atoms with Crippen LogP contribution in [0.4, 0.5) is 18.9 Å². The number of benzene rings is 1. The van der Waals surface area contributed by atoms with Gasteiger partial charge in [-0.15, -0.1) is 0 Å². The van der Waals surface area contributed by atoms with Crippen molar-refractivity contribution in [1.29, 1.82) is 0 Å². The molecule has 0 saturated carbocycles. The molecule has 156 valence electrons. The van der Waals surface area contributed by atoms with Crippen LogP contribution in [0.2, 0.25) is 0 Å². The second kappa shape index (κ2) is 9.36. The van der Waals surface area contributed by atoms with E-state index in [9.17, 15) is 22.8 Å². The Bertz CT molecular complexity index is 819. The van der Waals surface area contributed by atoms with Gasteiger partial charge in [0.2, 0.25) is 0 Å². The average Bonchev–Trinajstić information content (AvgIpc) is 3.23. The number of nitrogens with zero attached hydrogens (tertiary/aromatic N) is 1. The normalized spacial score (nSPS) is 16.2. The van der Waals surface area contributed by atoms with Crippen LogP contribution in [0.15, 0.2) is 47.3 Å². The Labute approximate surface area is 169 Å². The summed E-state index contributed by atoms with van der Waals surface area (Å²) in [5, 5.41) is 4.91. The smallest absolute Gasteiger partial charge is 0.416 e. The molecule has 1 fully saturated rings. The quantitative estimate of drug-likeness (QED) is 0.718. The first-order valence-corrected chi connectivity index (χ1v) is 10.1. The second-order valence-electron chi connectivity index (χ2n) is 6.46. The summed E-state index contributed by atoms with van der Waals surface area (Å²) in [6, 6.07) is 5.59. The van der Waals surface area contributed by atoms with E-state index in [0.29, 0.717) is 0 Å². The largest absolute Gasteiger partial charge is 0.472 e. The van der Waals surface area contributed by atoms with Crippen LogP contribution in [0, 0.1) is 0 Å². The summed E-state index contributed by atoms with van der Waals surface area (Å²) in [5.74, 6) is 0.169. The van der Waals surface area contributed by atoms with Crippen LogP contribution in [0.3, 0.4) is 0 Å². The molecule has 6 nitrogen and oxygen atoms in total. The van der Waals surface area contributed by atoms with E-state index >= 15 is 0 Å². The topological polar surface area (TPSA) is 74.6 Å². The third kappa shape index (κ3) is 5.77. The molecule has 2 N–H and O–H groups in total. The number of halogens is 3. The van der Waals surface area contributed by atoms with Crippen LogP contribution in [0.25, 0.3) is 0 Å². The molecule has 0 spiro atoms. The Morgan fingerprint density at radius 1 is 1.10 bits per heavy atom. The summed E-state index contributed by atoms with van der Waals surface area (Å²) in [5.41, 5.74) is 0.181. The van der Waals surface area contributed by atoms with E-state index in [4.69, 9.17) is 4.42 Å². The lowest BCUT2D eigenvalue weighted by atomic mass is 10.1. The van der Waals surface area contributed by atoms with Crippen molar-refractivity contribution in [3.8, 4) is 0 Å². The number of carbonyl (C=O) groups is 2. The molecule has 1 aliphatic heterocycles. The van der Waals surface area contributed by atoms with Crippen LogP contribution in [-0.4, -0.2) is 47.9 Å². The van der Waals surface area contributed by atoms with Crippen molar-refractivity contribution >= 4 is 29.3 Å². The molecule has 2 heterocycles. The lowest BCUT2D eigenvalue weighted by Gasteiger charge is -2.33. The number of furan rings is 1. The van der Waals surface area contributed by atoms with Gasteiger partial charge < -0.3 is 15.1 Å². The van der Waals surface area contributed by atoms with Gasteiger partial charge in [-0.3, -0.25) is 14.5 Å². The maximum atomic E-state index is 12.6. The number of amides is 2. The highest BCUT2D eigenvalue weighted by molar-refractivity contribution is 7.99. The highest BCUT2D eigenvalue weighted by Gasteiger charge is 2.30. The van der Waals surface area contributed by atoms with E-state index < -0.39 is 23.6 Å². The maximum Gasteiger partial charge on any atom is 0.416 e. The van der Waals surface area contributed by atoms with E-state index in [0.717, 1.165) is 54.4 Å². The minimum Gasteiger partial charge on any atom is -0.472 e. The van der Waals surface area contributed by atoms with Crippen LogP contribution in [-0.2, 0) is 15.8 Å². The van der Waals surface area contributed by atoms with Crippen molar-refractivity contribution in [2.45, 2.75) is 12.2 Å². The zero-order valence-electron chi connectivity index (χ0n) is 15.4. The minimum atomic E-state index is -4.46. The number of thioether (sulfide) groups is 1. The number of rotatable bonds is 5. The van der Waals surface area contributed by atoms with Gasteiger partial charge in [-0.1, -0.05) is 0 Å². The number of hydrogen-bond acceptors (Lipinski definition) is 5. The molecule has 0 unspecified atom stereocenters. The summed E-state index contributed by atoms with van der Waals surface area (Å²) in [7, 11) is 0. The van der Waals surface area contributed by atoms with Crippen LogP contribution in [0.5, 0.6) is 0 Å². The van der Waals surface area contributed by atoms with Crippen molar-refractivity contribution in [1.82, 2.24) is 10.2 Å². The number of hydrogen-bond donors (Lipinski definition) is 2. The zero-order chi connectivity index (χ0) is 20.9. The van der Waals surface area contributed by atoms with Crippen molar-refractivity contribution < 1.29 is 27.2 Å². The first kappa shape index (κ1) is 21.3. The van der Waals surface area contributed by atoms with Gasteiger partial charge >= 0.3 is 18.0 Å². The van der Waals surface area contributed by atoms with Gasteiger partial charge in [-0.25, -0.2) is 0 Å². The van der Waals surface area contributed by atoms with Crippen molar-refractivity contribution in [3.05, 3.63) is 54.0 Å². The van der Waals surface area contributed by atoms with Crippen LogP contribution < -0.4 is 10.6 Å². The summed E-state index contributed by atoms with van der Waals surface area (Å²) in [4.78, 5) is 26.5. The van der Waals surface area contributed by atoms with E-state index in [-0.39, 0.29) is 18.3 Å². The molecule has 29 heavy (non-hydrogen) atoms. The molecule has 2 amide bonds. The van der Waals surface area contributed by atoms with Gasteiger partial charge in [0.1, 0.15) is 0 Å². The third-order valence-electron chi connectivity index (χ3n) is 4.55. The molecule has 0 radical (unpaired) electrons. The van der Waals surface area contributed by atoms with Gasteiger partial charge in [0, 0.05) is 42.4 Å². The summed E-state index contributed by atoms with van der Waals surface area (Å²) in [6.45, 7) is 1.92. The molecule has 1 aromatic carbocycles. The molecule has 0 aliphatic carbocycles. The number of carbonyl (C=O) groups excluding carboxylic acids is 2. The Balaban J connectivity index is 1.57. The summed E-state index contributed by atoms with van der Waals surface area (Å²) < 4.78 is 42.9. The van der Waals surface area contributed by atoms with Crippen molar-refractivity contribution in [3.63, 3.8) is 0 Å². The predicted molar refractivity (Wildman–Crippen MR) is 103 cm³/mol. The number of nitrogens with one attached hydrogen (secondary N) is 2. The van der Waals surface area contributed by atoms with E-state index in [2.05, 4.69) is 15.5 Å². The first-order valence-electron chi connectivity index (χ1n) is 8.95. The van der Waals surface area contributed by atoms with Gasteiger partial charge in [0.05, 0.1) is 24.1 Å². The Kier molecular flexibility index (Phi) is 6.86. The Hall–Kier alpha value is -2.46. The maximum absolute atomic E-state index is 12.6. The molecule has 1 saturated heterocycles. The monoisotopic (exact) mass is 427 g/mol. The lowest BCUT2D eigenvalue weighted by Crippen LogP contribution is -2.44. The standard InChI is InChI=1S/C19H20F3N3O3S/c20-19(21,22)14-1-3-15(4-2-14)24-18(27)17(26)23-11-16(13-5-8-28-12-13)25-6-9-29-10-7-25/h1-5,8,12,16H,6-7,9-11H2,(H,23,26)(H,24,27)/t16-/m0/s1. The van der Waals surface area contributed by atoms with Crippen LogP contribution >= 0.6 is 11.8 Å². The zero-order valence-corrected chi connectivity index (χ0v) is 16.2. The fourth-order valence-corrected chi connectivity index (χ4v) is 3.94. The summed E-state index contributed by atoms with van der Waals surface area (Å²) in [6.07, 6.45) is -1.30. The Morgan fingerprint density at radius 2 is 1.79 bits per heavy atom. The van der Waals surface area contributed by atoms with Gasteiger partial charge in [-0.05, 0) is 30.3 Å². The molecule has 3 rings (SSSR count). The highest BCUT2D eigenvalue weighted by Crippen LogP contribution is 2.29. The average molecular weight is 427 g/mol. The van der Waals surface area contributed by atoms with E-state index in [1.54, 1.807) is 12.5 Å². The number of alkyl halides is 3. The summed E-state index contributed by atoms with van der Waals surface area (Å²) >= 11 is 1.86. The lowest BCUT2D eigenvalue weighted by molar-refractivity contribution is -0.137. The Morgan fingerprint density at radius 3 is 2.38 bits per heavy atom. The molecule has 1 atom stereocenters. The molecule has 0 bridgehead atoms. The van der Waals surface area contributed by atoms with Gasteiger partial charge in [0.15, 0.2) is 0 Å². The minimum absolute atomic E-state index is 0.109. The first-order chi connectivity index (χ1) is 13.8. The SMILES string of the molecule is O=C(NC[C@@H](c1ccoc1)N1CCSCC1)C(=O)Nc1ccc(C(F)(F)F)cc1. The van der Waals surface area contributed by atoms with Gasteiger partial charge in [0.25, 0.3) is 0 Å². The fourth-order valence-electron chi connectivity index (χ4n) is 3.01. The molecular formula is C19H20F3N3O3S. The molecule has 10 heteroatoms. The molecule has 1 aliphatic rings. The molecule has 1 aromatic heterocycles. The van der Waals surface area contributed by atoms with E-state index in [1.165, 1.54) is 0 Å². The third-order valence-corrected chi connectivity index (χ3v) is 5.49. The fraction of sp³-hybridized carbons (Fsp3) is 0.368. The van der Waals surface area contributed by atoms with Crippen molar-refractivity contribution in [2.24, 2.45) is 0 Å². The molecular weight excluding hydrogens is 407 g/mol. The van der Waals surface area contributed by atoms with Crippen molar-refractivity contribution in [2.75, 3.05) is 36.5 Å². The highest BCUT2D eigenvalue weighted by atomic mass is 32.2. The van der Waals surface area contributed by atoms with Gasteiger partial charge in [-0.2, -0.15) is 24.9 Å².